The van der Waals surface area contributed by atoms with Gasteiger partial charge in [0.2, 0.25) is 0 Å². The third kappa shape index (κ3) is 5.03. The van der Waals surface area contributed by atoms with Crippen LogP contribution in [-0.4, -0.2) is 38.1 Å². The molecule has 21 heavy (non-hydrogen) atoms. The van der Waals surface area contributed by atoms with Gasteiger partial charge in [0.15, 0.2) is 17.8 Å². The first kappa shape index (κ1) is 16.9. The molecule has 0 amide bonds. The predicted molar refractivity (Wildman–Crippen MR) is 76.2 cm³/mol. The van der Waals surface area contributed by atoms with E-state index in [1.54, 1.807) is 0 Å². The van der Waals surface area contributed by atoms with Crippen LogP contribution in [0.15, 0.2) is 12.1 Å². The second-order valence-electron chi connectivity index (χ2n) is 4.75. The molecule has 0 N–H and O–H groups in total. The van der Waals surface area contributed by atoms with E-state index in [1.807, 2.05) is 13.8 Å². The molecular formula is C14H19NO6. The molecule has 0 aliphatic heterocycles. The monoisotopic (exact) mass is 297 g/mol. The highest BCUT2D eigenvalue weighted by Crippen LogP contribution is 2.33. The van der Waals surface area contributed by atoms with E-state index in [2.05, 4.69) is 0 Å². The van der Waals surface area contributed by atoms with Crippen molar-refractivity contribution in [1.82, 2.24) is 0 Å². The fraction of sp³-hybridized carbons (Fsp3) is 0.500. The van der Waals surface area contributed by atoms with E-state index >= 15 is 0 Å². The summed E-state index contributed by atoms with van der Waals surface area (Å²) in [5, 5.41) is 10.9. The van der Waals surface area contributed by atoms with Gasteiger partial charge in [-0.1, -0.05) is 13.8 Å². The molecule has 7 nitrogen and oxygen atoms in total. The highest BCUT2D eigenvalue weighted by atomic mass is 16.6. The summed E-state index contributed by atoms with van der Waals surface area (Å²) in [6.07, 6.45) is 0.413. The lowest BCUT2D eigenvalue weighted by Gasteiger charge is -2.12. The van der Waals surface area contributed by atoms with E-state index in [0.29, 0.717) is 25.4 Å². The topological polar surface area (TPSA) is 87.9 Å². The Morgan fingerprint density at radius 1 is 1.29 bits per heavy atom. The number of nitro benzene ring substituents is 1. The zero-order valence-electron chi connectivity index (χ0n) is 12.3. The first-order chi connectivity index (χ1) is 9.99. The number of rotatable bonds is 9. The van der Waals surface area contributed by atoms with Gasteiger partial charge < -0.3 is 14.2 Å². The van der Waals surface area contributed by atoms with E-state index in [-0.39, 0.29) is 29.4 Å². The first-order valence-electron chi connectivity index (χ1n) is 6.51. The predicted octanol–water partition coefficient (Wildman–Crippen LogP) is 2.47. The Bertz CT molecular complexity index is 500. The van der Waals surface area contributed by atoms with Crippen LogP contribution in [0, 0.1) is 16.0 Å². The number of hydrogen-bond acceptors (Lipinski definition) is 6. The van der Waals surface area contributed by atoms with Crippen molar-refractivity contribution in [2.45, 2.75) is 13.8 Å². The fourth-order valence-electron chi connectivity index (χ4n) is 1.62. The molecule has 1 rings (SSSR count). The maximum Gasteiger partial charge on any atom is 0.283 e. The SMILES string of the molecule is COc1cc(C=O)c([N+](=O)[O-])cc1OCCOCC(C)C. The molecule has 0 heterocycles. The Balaban J connectivity index is 2.78. The summed E-state index contributed by atoms with van der Waals surface area (Å²) in [5.74, 6) is 0.905. The minimum absolute atomic E-state index is 0.0553. The molecule has 0 bridgehead atoms. The van der Waals surface area contributed by atoms with Crippen LogP contribution in [-0.2, 0) is 4.74 Å². The number of benzene rings is 1. The summed E-state index contributed by atoms with van der Waals surface area (Å²) in [5.41, 5.74) is -0.371. The number of hydrogen-bond donors (Lipinski definition) is 0. The van der Waals surface area contributed by atoms with Gasteiger partial charge in [0.05, 0.1) is 30.3 Å². The Hall–Kier alpha value is -2.15. The van der Waals surface area contributed by atoms with E-state index in [1.165, 1.54) is 19.2 Å². The Labute approximate surface area is 123 Å². The van der Waals surface area contributed by atoms with Gasteiger partial charge in [-0.15, -0.1) is 0 Å². The van der Waals surface area contributed by atoms with Crippen LogP contribution in [0.1, 0.15) is 24.2 Å². The highest BCUT2D eigenvalue weighted by Gasteiger charge is 2.19. The van der Waals surface area contributed by atoms with Crippen molar-refractivity contribution in [2.24, 2.45) is 5.92 Å². The van der Waals surface area contributed by atoms with Crippen molar-refractivity contribution in [2.75, 3.05) is 26.9 Å². The van der Waals surface area contributed by atoms with Crippen LogP contribution < -0.4 is 9.47 Å². The molecule has 0 spiro atoms. The summed E-state index contributed by atoms with van der Waals surface area (Å²) in [6, 6.07) is 2.47. The average Bonchev–Trinajstić information content (AvgIpc) is 2.45. The summed E-state index contributed by atoms with van der Waals surface area (Å²) in [4.78, 5) is 21.1. The first-order valence-corrected chi connectivity index (χ1v) is 6.51. The number of nitrogens with zero attached hydrogens (tertiary/aromatic N) is 1. The molecule has 0 aliphatic carbocycles. The number of aldehydes is 1. The van der Waals surface area contributed by atoms with Crippen molar-refractivity contribution < 1.29 is 23.9 Å². The van der Waals surface area contributed by atoms with Crippen molar-refractivity contribution in [3.63, 3.8) is 0 Å². The van der Waals surface area contributed by atoms with Crippen molar-refractivity contribution in [1.29, 1.82) is 0 Å². The van der Waals surface area contributed by atoms with Crippen molar-refractivity contribution >= 4 is 12.0 Å². The van der Waals surface area contributed by atoms with Gasteiger partial charge in [-0.2, -0.15) is 0 Å². The lowest BCUT2D eigenvalue weighted by Crippen LogP contribution is -2.11. The molecule has 0 unspecified atom stereocenters. The Kier molecular flexibility index (Phi) is 6.61. The number of carbonyl (C=O) groups is 1. The van der Waals surface area contributed by atoms with E-state index in [0.717, 1.165) is 0 Å². The maximum atomic E-state index is 10.9. The smallest absolute Gasteiger partial charge is 0.283 e. The molecule has 0 fully saturated rings. The molecule has 0 saturated carbocycles. The Morgan fingerprint density at radius 2 is 2.00 bits per heavy atom. The molecule has 0 saturated heterocycles. The lowest BCUT2D eigenvalue weighted by atomic mass is 10.1. The van der Waals surface area contributed by atoms with Gasteiger partial charge in [-0.3, -0.25) is 14.9 Å². The van der Waals surface area contributed by atoms with E-state index in [4.69, 9.17) is 14.2 Å². The van der Waals surface area contributed by atoms with Gasteiger partial charge in [0, 0.05) is 12.7 Å². The molecule has 0 aromatic heterocycles. The van der Waals surface area contributed by atoms with Crippen LogP contribution in [0.5, 0.6) is 11.5 Å². The normalized spacial score (nSPS) is 10.5. The zero-order chi connectivity index (χ0) is 15.8. The van der Waals surface area contributed by atoms with Crippen LogP contribution in [0.25, 0.3) is 0 Å². The van der Waals surface area contributed by atoms with Gasteiger partial charge in [0.25, 0.3) is 5.69 Å². The lowest BCUT2D eigenvalue weighted by molar-refractivity contribution is -0.385. The summed E-state index contributed by atoms with van der Waals surface area (Å²) >= 11 is 0. The summed E-state index contributed by atoms with van der Waals surface area (Å²) in [6.45, 7) is 5.28. The highest BCUT2D eigenvalue weighted by molar-refractivity contribution is 5.83. The van der Waals surface area contributed by atoms with Crippen LogP contribution >= 0.6 is 0 Å². The number of nitro groups is 1. The summed E-state index contributed by atoms with van der Waals surface area (Å²) in [7, 11) is 1.40. The number of methoxy groups -OCH3 is 1. The summed E-state index contributed by atoms with van der Waals surface area (Å²) < 4.78 is 15.9. The molecule has 0 aliphatic rings. The van der Waals surface area contributed by atoms with Gasteiger partial charge in [-0.05, 0) is 5.92 Å². The van der Waals surface area contributed by atoms with Crippen molar-refractivity contribution in [3.05, 3.63) is 27.8 Å². The molecule has 116 valence electrons. The van der Waals surface area contributed by atoms with Crippen molar-refractivity contribution in [3.8, 4) is 11.5 Å². The minimum atomic E-state index is -0.634. The third-order valence-electron chi connectivity index (χ3n) is 2.57. The quantitative estimate of drug-likeness (QED) is 0.301. The standard InChI is InChI=1S/C14H19NO6/c1-10(2)9-20-4-5-21-14-7-12(15(17)18)11(8-16)6-13(14)19-3/h6-8,10H,4-5,9H2,1-3H3. The molecular weight excluding hydrogens is 278 g/mol. The number of carbonyl (C=O) groups excluding carboxylic acids is 1. The second kappa shape index (κ2) is 8.21. The third-order valence-corrected chi connectivity index (χ3v) is 2.57. The average molecular weight is 297 g/mol. The second-order valence-corrected chi connectivity index (χ2v) is 4.75. The molecule has 7 heteroatoms. The minimum Gasteiger partial charge on any atom is -0.493 e. The van der Waals surface area contributed by atoms with Gasteiger partial charge in [0.1, 0.15) is 6.61 Å². The largest absolute Gasteiger partial charge is 0.493 e. The molecule has 1 aromatic rings. The van der Waals surface area contributed by atoms with E-state index in [9.17, 15) is 14.9 Å². The molecule has 1 aromatic carbocycles. The van der Waals surface area contributed by atoms with Gasteiger partial charge >= 0.3 is 0 Å². The van der Waals surface area contributed by atoms with E-state index < -0.39 is 4.92 Å². The van der Waals surface area contributed by atoms with Crippen LogP contribution in [0.3, 0.4) is 0 Å². The maximum absolute atomic E-state index is 10.9. The zero-order valence-corrected chi connectivity index (χ0v) is 12.3. The van der Waals surface area contributed by atoms with Gasteiger partial charge in [-0.25, -0.2) is 0 Å². The Morgan fingerprint density at radius 3 is 2.52 bits per heavy atom. The van der Waals surface area contributed by atoms with Crippen LogP contribution in [0.4, 0.5) is 5.69 Å². The molecule has 0 atom stereocenters. The van der Waals surface area contributed by atoms with Crippen LogP contribution in [0.2, 0.25) is 0 Å². The fourth-order valence-corrected chi connectivity index (χ4v) is 1.62. The number of ether oxygens (including phenoxy) is 3. The molecule has 0 radical (unpaired) electrons.